The van der Waals surface area contributed by atoms with Gasteiger partial charge in [-0.3, -0.25) is 10.4 Å². The van der Waals surface area contributed by atoms with Crippen LogP contribution in [0.4, 0.5) is 0 Å². The Kier molecular flexibility index (Phi) is 6.39. The summed E-state index contributed by atoms with van der Waals surface area (Å²) in [7, 11) is 1.55. The molecular weight excluding hydrogens is 364 g/mol. The first-order chi connectivity index (χ1) is 14.0. The second-order valence-electron chi connectivity index (χ2n) is 6.81. The maximum absolute atomic E-state index is 8.30. The maximum atomic E-state index is 8.30. The first-order valence-corrected chi connectivity index (χ1v) is 9.51. The van der Waals surface area contributed by atoms with Crippen molar-refractivity contribution in [3.05, 3.63) is 72.0 Å². The standard InChI is InChI=1S/C22H26N6O/c1-15-13-28(14-25-15)20-11-10-19(27-22(20)29-3)18(23)9-12-21(24)26-16(2)17-7-5-4-6-8-17/h5,7-14,16,23H,4,6H2,1-3H3,(H2,24,26)/b12-9-,23-18?. The molecule has 7 heteroatoms. The molecule has 3 N–H and O–H groups in total. The minimum absolute atomic E-state index is 0.0125. The van der Waals surface area contributed by atoms with Crippen LogP contribution >= 0.6 is 0 Å². The Balaban J connectivity index is 1.73. The number of aromatic nitrogens is 3. The number of nitrogens with zero attached hydrogens (tertiary/aromatic N) is 4. The first kappa shape index (κ1) is 20.3. The third kappa shape index (κ3) is 5.07. The fourth-order valence-corrected chi connectivity index (χ4v) is 3.02. The lowest BCUT2D eigenvalue weighted by atomic mass is 10.0. The van der Waals surface area contributed by atoms with Crippen molar-refractivity contribution < 1.29 is 4.74 Å². The number of allylic oxidation sites excluding steroid dienone is 3. The predicted molar refractivity (Wildman–Crippen MR) is 116 cm³/mol. The van der Waals surface area contributed by atoms with Gasteiger partial charge < -0.3 is 15.0 Å². The molecule has 0 spiro atoms. The summed E-state index contributed by atoms with van der Waals surface area (Å²) in [6, 6.07) is 3.61. The summed E-state index contributed by atoms with van der Waals surface area (Å²) in [6.07, 6.45) is 15.4. The lowest BCUT2D eigenvalue weighted by Gasteiger charge is -2.11. The van der Waals surface area contributed by atoms with E-state index in [9.17, 15) is 0 Å². The number of amidine groups is 1. The number of nitrogens with two attached hydrogens (primary N) is 1. The average molecular weight is 390 g/mol. The van der Waals surface area contributed by atoms with Crippen molar-refractivity contribution in [3.8, 4) is 11.6 Å². The average Bonchev–Trinajstić information content (AvgIpc) is 3.18. The number of rotatable bonds is 7. The summed E-state index contributed by atoms with van der Waals surface area (Å²) >= 11 is 0. The molecule has 0 fully saturated rings. The molecular formula is C22H26N6O. The van der Waals surface area contributed by atoms with Crippen LogP contribution in [-0.2, 0) is 0 Å². The molecule has 2 aromatic heterocycles. The van der Waals surface area contributed by atoms with E-state index in [4.69, 9.17) is 15.9 Å². The van der Waals surface area contributed by atoms with Crippen molar-refractivity contribution >= 4 is 11.5 Å². The summed E-state index contributed by atoms with van der Waals surface area (Å²) < 4.78 is 7.24. The predicted octanol–water partition coefficient (Wildman–Crippen LogP) is 3.53. The molecule has 0 saturated carbocycles. The fraction of sp³-hybridized carbons (Fsp3) is 0.273. The van der Waals surface area contributed by atoms with Crippen LogP contribution in [0.2, 0.25) is 0 Å². The Bertz CT molecular complexity index is 1010. The zero-order valence-electron chi connectivity index (χ0n) is 17.0. The van der Waals surface area contributed by atoms with Gasteiger partial charge in [-0.15, -0.1) is 0 Å². The van der Waals surface area contributed by atoms with Gasteiger partial charge in [-0.25, -0.2) is 9.97 Å². The van der Waals surface area contributed by atoms with Crippen LogP contribution in [0.1, 0.15) is 31.2 Å². The van der Waals surface area contributed by atoms with Gasteiger partial charge in [0, 0.05) is 6.20 Å². The number of hydrogen-bond acceptors (Lipinski definition) is 5. The van der Waals surface area contributed by atoms with Crippen molar-refractivity contribution in [2.45, 2.75) is 32.7 Å². The van der Waals surface area contributed by atoms with Crippen LogP contribution in [0.25, 0.3) is 5.69 Å². The molecule has 1 atom stereocenters. The van der Waals surface area contributed by atoms with Gasteiger partial charge in [0.1, 0.15) is 11.5 Å². The van der Waals surface area contributed by atoms with Crippen LogP contribution in [0.15, 0.2) is 65.6 Å². The molecule has 1 aliphatic carbocycles. The van der Waals surface area contributed by atoms with E-state index in [1.165, 1.54) is 5.57 Å². The highest BCUT2D eigenvalue weighted by Gasteiger charge is 2.11. The quantitative estimate of drug-likeness (QED) is 0.558. The van der Waals surface area contributed by atoms with Gasteiger partial charge in [0.25, 0.3) is 0 Å². The molecule has 7 nitrogen and oxygen atoms in total. The molecule has 0 amide bonds. The van der Waals surface area contributed by atoms with Crippen LogP contribution in [0.3, 0.4) is 0 Å². The fourth-order valence-electron chi connectivity index (χ4n) is 3.02. The van der Waals surface area contributed by atoms with Crippen molar-refractivity contribution in [1.82, 2.24) is 14.5 Å². The molecule has 0 saturated heterocycles. The Morgan fingerprint density at radius 2 is 2.17 bits per heavy atom. The number of methoxy groups -OCH3 is 1. The minimum Gasteiger partial charge on any atom is -0.479 e. The summed E-state index contributed by atoms with van der Waals surface area (Å²) in [6.45, 7) is 3.93. The second kappa shape index (κ2) is 9.14. The van der Waals surface area contributed by atoms with Crippen molar-refractivity contribution in [2.24, 2.45) is 10.7 Å². The van der Waals surface area contributed by atoms with Crippen molar-refractivity contribution in [1.29, 1.82) is 5.41 Å². The molecule has 0 radical (unpaired) electrons. The van der Waals surface area contributed by atoms with E-state index in [-0.39, 0.29) is 11.8 Å². The molecule has 0 aromatic carbocycles. The van der Waals surface area contributed by atoms with Gasteiger partial charge in [-0.1, -0.05) is 18.2 Å². The van der Waals surface area contributed by atoms with E-state index >= 15 is 0 Å². The number of aliphatic imine (C=N–C) groups is 1. The van der Waals surface area contributed by atoms with Gasteiger partial charge in [0.2, 0.25) is 5.88 Å². The normalized spacial score (nSPS) is 15.4. The topological polar surface area (TPSA) is 102 Å². The van der Waals surface area contributed by atoms with Gasteiger partial charge >= 0.3 is 0 Å². The SMILES string of the molecule is COc1nc(C(=N)/C=C\C(N)=NC(C)C2=CCCC=C2)ccc1-n1cnc(C)c1. The number of ether oxygens (including phenoxy) is 1. The van der Waals surface area contributed by atoms with E-state index in [0.29, 0.717) is 17.4 Å². The van der Waals surface area contributed by atoms with Gasteiger partial charge in [-0.05, 0) is 56.5 Å². The highest BCUT2D eigenvalue weighted by Crippen LogP contribution is 2.21. The van der Waals surface area contributed by atoms with Gasteiger partial charge in [0.15, 0.2) is 0 Å². The van der Waals surface area contributed by atoms with E-state index in [0.717, 1.165) is 24.2 Å². The van der Waals surface area contributed by atoms with Crippen LogP contribution in [0, 0.1) is 12.3 Å². The summed E-state index contributed by atoms with van der Waals surface area (Å²) in [5.74, 6) is 0.795. The lowest BCUT2D eigenvalue weighted by molar-refractivity contribution is 0.395. The highest BCUT2D eigenvalue weighted by atomic mass is 16.5. The number of nitrogens with one attached hydrogen (secondary N) is 1. The molecule has 0 aliphatic heterocycles. The molecule has 29 heavy (non-hydrogen) atoms. The van der Waals surface area contributed by atoms with E-state index in [1.807, 2.05) is 30.7 Å². The third-order valence-electron chi connectivity index (χ3n) is 4.57. The molecule has 150 valence electrons. The molecule has 0 bridgehead atoms. The monoisotopic (exact) mass is 390 g/mol. The third-order valence-corrected chi connectivity index (χ3v) is 4.57. The zero-order valence-corrected chi connectivity index (χ0v) is 17.0. The Labute approximate surface area is 170 Å². The Morgan fingerprint density at radius 1 is 1.34 bits per heavy atom. The molecule has 1 aliphatic rings. The molecule has 3 rings (SSSR count). The molecule has 2 aromatic rings. The minimum atomic E-state index is -0.0125. The number of pyridine rings is 1. The molecule has 1 unspecified atom stereocenters. The van der Waals surface area contributed by atoms with E-state index in [2.05, 4.69) is 33.2 Å². The number of aryl methyl sites for hydroxylation is 1. The summed E-state index contributed by atoms with van der Waals surface area (Å²) in [5.41, 5.74) is 9.56. The highest BCUT2D eigenvalue weighted by molar-refractivity contribution is 6.08. The summed E-state index contributed by atoms with van der Waals surface area (Å²) in [5, 5.41) is 8.30. The van der Waals surface area contributed by atoms with Crippen molar-refractivity contribution in [2.75, 3.05) is 7.11 Å². The number of hydrogen-bond donors (Lipinski definition) is 2. The Morgan fingerprint density at radius 3 is 2.83 bits per heavy atom. The Hall–Kier alpha value is -3.48. The second-order valence-corrected chi connectivity index (χ2v) is 6.81. The van der Waals surface area contributed by atoms with Gasteiger partial charge in [-0.2, -0.15) is 0 Å². The van der Waals surface area contributed by atoms with Crippen LogP contribution in [0.5, 0.6) is 5.88 Å². The number of imidazole rings is 1. The maximum Gasteiger partial charge on any atom is 0.238 e. The smallest absolute Gasteiger partial charge is 0.238 e. The van der Waals surface area contributed by atoms with E-state index < -0.39 is 0 Å². The lowest BCUT2D eigenvalue weighted by Crippen LogP contribution is -2.14. The van der Waals surface area contributed by atoms with Crippen molar-refractivity contribution in [3.63, 3.8) is 0 Å². The largest absolute Gasteiger partial charge is 0.479 e. The van der Waals surface area contributed by atoms with Crippen LogP contribution < -0.4 is 10.5 Å². The van der Waals surface area contributed by atoms with Crippen LogP contribution in [-0.4, -0.2) is 39.2 Å². The van der Waals surface area contributed by atoms with Gasteiger partial charge in [0.05, 0.1) is 36.6 Å². The zero-order chi connectivity index (χ0) is 20.8. The molecule has 2 heterocycles. The summed E-state index contributed by atoms with van der Waals surface area (Å²) in [4.78, 5) is 13.2. The van der Waals surface area contributed by atoms with E-state index in [1.54, 1.807) is 31.7 Å². The first-order valence-electron chi connectivity index (χ1n) is 9.51.